The summed E-state index contributed by atoms with van der Waals surface area (Å²) in [7, 11) is 0. The molecule has 0 saturated heterocycles. The minimum Gasteiger partial charge on any atom is -0.481 e. The predicted molar refractivity (Wildman–Crippen MR) is 83.0 cm³/mol. The fourth-order valence-electron chi connectivity index (χ4n) is 2.36. The zero-order valence-corrected chi connectivity index (χ0v) is 12.9. The first-order valence-corrected chi connectivity index (χ1v) is 7.48. The first-order chi connectivity index (χ1) is 10.5. The molecule has 0 fully saturated rings. The van der Waals surface area contributed by atoms with Crippen LogP contribution in [0.25, 0.3) is 5.52 Å². The largest absolute Gasteiger partial charge is 0.481 e. The first-order valence-electron chi connectivity index (χ1n) is 7.48. The maximum atomic E-state index is 12.3. The van der Waals surface area contributed by atoms with Crippen LogP contribution in [-0.4, -0.2) is 32.6 Å². The Morgan fingerprint density at radius 3 is 2.86 bits per heavy atom. The van der Waals surface area contributed by atoms with E-state index in [0.717, 1.165) is 23.9 Å². The number of nitrogens with zero attached hydrogens (tertiary/aromatic N) is 2. The Bertz CT molecular complexity index is 678. The maximum Gasteiger partial charge on any atom is 0.305 e. The van der Waals surface area contributed by atoms with Gasteiger partial charge in [-0.1, -0.05) is 19.8 Å². The third kappa shape index (κ3) is 4.07. The minimum atomic E-state index is -0.910. The van der Waals surface area contributed by atoms with Crippen LogP contribution < -0.4 is 5.32 Å². The van der Waals surface area contributed by atoms with Gasteiger partial charge in [-0.3, -0.25) is 9.59 Å². The number of hydrogen-bond donors (Lipinski definition) is 2. The van der Waals surface area contributed by atoms with Crippen LogP contribution in [0.15, 0.2) is 24.4 Å². The van der Waals surface area contributed by atoms with Gasteiger partial charge in [0.25, 0.3) is 5.91 Å². The van der Waals surface area contributed by atoms with Crippen LogP contribution in [-0.2, 0) is 4.79 Å². The number of carboxylic acid groups (broad SMARTS) is 1. The SMILES string of the molecule is CCCCC(CC(=O)O)NC(=O)c1cc2cc(C)ccn2n1. The van der Waals surface area contributed by atoms with E-state index in [1.165, 1.54) is 0 Å². The highest BCUT2D eigenvalue weighted by Gasteiger charge is 2.18. The molecule has 0 saturated carbocycles. The number of nitrogens with one attached hydrogen (secondary N) is 1. The molecular weight excluding hydrogens is 282 g/mol. The summed E-state index contributed by atoms with van der Waals surface area (Å²) in [5.41, 5.74) is 2.23. The lowest BCUT2D eigenvalue weighted by atomic mass is 10.1. The number of carbonyl (C=O) groups is 2. The van der Waals surface area contributed by atoms with Crippen LogP contribution in [0.4, 0.5) is 0 Å². The van der Waals surface area contributed by atoms with Crippen molar-refractivity contribution in [3.63, 3.8) is 0 Å². The number of pyridine rings is 1. The van der Waals surface area contributed by atoms with E-state index in [9.17, 15) is 9.59 Å². The van der Waals surface area contributed by atoms with E-state index in [2.05, 4.69) is 10.4 Å². The van der Waals surface area contributed by atoms with E-state index in [-0.39, 0.29) is 18.4 Å². The molecule has 2 rings (SSSR count). The van der Waals surface area contributed by atoms with Crippen molar-refractivity contribution in [1.29, 1.82) is 0 Å². The Morgan fingerprint density at radius 1 is 1.41 bits per heavy atom. The van der Waals surface area contributed by atoms with Crippen LogP contribution >= 0.6 is 0 Å². The molecule has 6 heteroatoms. The number of hydrogen-bond acceptors (Lipinski definition) is 3. The highest BCUT2D eigenvalue weighted by Crippen LogP contribution is 2.10. The number of aliphatic carboxylic acids is 1. The van der Waals surface area contributed by atoms with Crippen molar-refractivity contribution in [3.8, 4) is 0 Å². The topological polar surface area (TPSA) is 83.7 Å². The van der Waals surface area contributed by atoms with Crippen LogP contribution in [0.3, 0.4) is 0 Å². The zero-order valence-electron chi connectivity index (χ0n) is 12.9. The van der Waals surface area contributed by atoms with Gasteiger partial charge >= 0.3 is 5.97 Å². The van der Waals surface area contributed by atoms with Crippen molar-refractivity contribution in [1.82, 2.24) is 14.9 Å². The molecule has 118 valence electrons. The van der Waals surface area contributed by atoms with Gasteiger partial charge < -0.3 is 10.4 Å². The molecule has 2 aromatic heterocycles. The Morgan fingerprint density at radius 2 is 2.18 bits per heavy atom. The number of carboxylic acids is 1. The van der Waals surface area contributed by atoms with Gasteiger partial charge in [0.2, 0.25) is 0 Å². The van der Waals surface area contributed by atoms with Crippen LogP contribution in [0.1, 0.15) is 48.7 Å². The summed E-state index contributed by atoms with van der Waals surface area (Å²) in [5, 5.41) is 15.9. The van der Waals surface area contributed by atoms with Crippen LogP contribution in [0.2, 0.25) is 0 Å². The molecule has 0 aliphatic rings. The van der Waals surface area contributed by atoms with Gasteiger partial charge in [-0.2, -0.15) is 5.10 Å². The van der Waals surface area contributed by atoms with Gasteiger partial charge in [-0.05, 0) is 37.1 Å². The second kappa shape index (κ2) is 7.06. The molecule has 0 radical (unpaired) electrons. The molecule has 1 amide bonds. The standard InChI is InChI=1S/C16H21N3O3/c1-3-4-5-12(9-15(20)21)17-16(22)14-10-13-8-11(2)6-7-19(13)18-14/h6-8,10,12H,3-5,9H2,1-2H3,(H,17,22)(H,20,21). The molecule has 6 nitrogen and oxygen atoms in total. The van der Waals surface area contributed by atoms with Crippen molar-refractivity contribution in [3.05, 3.63) is 35.7 Å². The van der Waals surface area contributed by atoms with E-state index in [4.69, 9.17) is 5.11 Å². The highest BCUT2D eigenvalue weighted by molar-refractivity contribution is 5.94. The summed E-state index contributed by atoms with van der Waals surface area (Å²) >= 11 is 0. The molecule has 0 aliphatic carbocycles. The molecule has 0 aromatic carbocycles. The number of unbranched alkanes of at least 4 members (excludes halogenated alkanes) is 1. The van der Waals surface area contributed by atoms with Gasteiger partial charge in [-0.15, -0.1) is 0 Å². The normalized spacial score (nSPS) is 12.3. The third-order valence-electron chi connectivity index (χ3n) is 3.51. The van der Waals surface area contributed by atoms with Crippen molar-refractivity contribution >= 4 is 17.4 Å². The Balaban J connectivity index is 2.11. The van der Waals surface area contributed by atoms with Gasteiger partial charge in [0, 0.05) is 12.2 Å². The lowest BCUT2D eigenvalue weighted by Crippen LogP contribution is -2.36. The van der Waals surface area contributed by atoms with Crippen molar-refractivity contribution in [2.24, 2.45) is 0 Å². The highest BCUT2D eigenvalue weighted by atomic mass is 16.4. The molecule has 1 unspecified atom stereocenters. The fourth-order valence-corrected chi connectivity index (χ4v) is 2.36. The van der Waals surface area contributed by atoms with Gasteiger partial charge in [0.05, 0.1) is 11.9 Å². The fraction of sp³-hybridized carbons (Fsp3) is 0.438. The van der Waals surface area contributed by atoms with Gasteiger partial charge in [-0.25, -0.2) is 4.52 Å². The van der Waals surface area contributed by atoms with Crippen LogP contribution in [0.5, 0.6) is 0 Å². The lowest BCUT2D eigenvalue weighted by Gasteiger charge is -2.15. The van der Waals surface area contributed by atoms with Crippen LogP contribution in [0, 0.1) is 6.92 Å². The van der Waals surface area contributed by atoms with E-state index in [1.54, 1.807) is 16.8 Å². The number of carbonyl (C=O) groups excluding carboxylic acids is 1. The number of amides is 1. The summed E-state index contributed by atoms with van der Waals surface area (Å²) < 4.78 is 1.64. The summed E-state index contributed by atoms with van der Waals surface area (Å²) in [4.78, 5) is 23.2. The Hall–Kier alpha value is -2.37. The maximum absolute atomic E-state index is 12.3. The summed E-state index contributed by atoms with van der Waals surface area (Å²) in [6.07, 6.45) is 4.22. The molecule has 2 heterocycles. The van der Waals surface area contributed by atoms with Gasteiger partial charge in [0.15, 0.2) is 5.69 Å². The second-order valence-corrected chi connectivity index (χ2v) is 5.51. The summed E-state index contributed by atoms with van der Waals surface area (Å²) in [6.45, 7) is 4.00. The molecule has 2 N–H and O–H groups in total. The molecule has 0 aliphatic heterocycles. The second-order valence-electron chi connectivity index (χ2n) is 5.51. The molecule has 0 bridgehead atoms. The van der Waals surface area contributed by atoms with E-state index < -0.39 is 5.97 Å². The molecule has 2 aromatic rings. The lowest BCUT2D eigenvalue weighted by molar-refractivity contribution is -0.137. The van der Waals surface area contributed by atoms with Crippen molar-refractivity contribution in [2.45, 2.75) is 45.6 Å². The average molecular weight is 303 g/mol. The number of aromatic nitrogens is 2. The number of fused-ring (bicyclic) bond motifs is 1. The molecule has 22 heavy (non-hydrogen) atoms. The minimum absolute atomic E-state index is 0.0712. The molecule has 1 atom stereocenters. The summed E-state index contributed by atoms with van der Waals surface area (Å²) in [6, 6.07) is 5.20. The monoisotopic (exact) mass is 303 g/mol. The first kappa shape index (κ1) is 16.0. The Kier molecular flexibility index (Phi) is 5.14. The Labute approximate surface area is 129 Å². The molecule has 0 spiro atoms. The predicted octanol–water partition coefficient (Wildman–Crippen LogP) is 2.41. The molecular formula is C16H21N3O3. The van der Waals surface area contributed by atoms with Crippen molar-refractivity contribution in [2.75, 3.05) is 0 Å². The summed E-state index contributed by atoms with van der Waals surface area (Å²) in [5.74, 6) is -1.24. The number of rotatable bonds is 7. The van der Waals surface area contributed by atoms with E-state index in [0.29, 0.717) is 12.1 Å². The third-order valence-corrected chi connectivity index (χ3v) is 3.51. The smallest absolute Gasteiger partial charge is 0.305 e. The number of aryl methyl sites for hydroxylation is 1. The average Bonchev–Trinajstić information content (AvgIpc) is 2.87. The van der Waals surface area contributed by atoms with Crippen molar-refractivity contribution < 1.29 is 14.7 Å². The van der Waals surface area contributed by atoms with Gasteiger partial charge in [0.1, 0.15) is 0 Å². The zero-order chi connectivity index (χ0) is 16.1. The quantitative estimate of drug-likeness (QED) is 0.822. The van der Waals surface area contributed by atoms with E-state index in [1.807, 2.05) is 26.0 Å². The van der Waals surface area contributed by atoms with E-state index >= 15 is 0 Å².